The number of ether oxygens (including phenoxy) is 2. The molecule has 1 heterocycles. The Hall–Kier alpha value is -1.24. The molecule has 0 radical (unpaired) electrons. The lowest BCUT2D eigenvalue weighted by molar-refractivity contribution is -0.162. The van der Waals surface area contributed by atoms with Gasteiger partial charge in [0.25, 0.3) is 0 Å². The maximum Gasteiger partial charge on any atom is 0.164 e. The standard InChI is InChI=1S/C16H21NO4/c1-10-12(17-19-9-11-7-5-4-6-8-11)14-15(13(10)18)21-16(2,3)20-14/h4-8,12-15,17-18H,1,9H2,2-3H3/t12-,13-,14+,15-/m1/s1. The smallest absolute Gasteiger partial charge is 0.164 e. The molecule has 3 rings (SSSR count). The number of nitrogens with one attached hydrogen (secondary N) is 1. The van der Waals surface area contributed by atoms with Crippen LogP contribution in [0.15, 0.2) is 42.5 Å². The minimum atomic E-state index is -0.741. The lowest BCUT2D eigenvalue weighted by Gasteiger charge is -2.24. The van der Waals surface area contributed by atoms with Gasteiger partial charge in [0, 0.05) is 0 Å². The van der Waals surface area contributed by atoms with Gasteiger partial charge < -0.3 is 14.6 Å². The van der Waals surface area contributed by atoms with E-state index in [1.54, 1.807) is 0 Å². The zero-order valence-electron chi connectivity index (χ0n) is 12.3. The minimum Gasteiger partial charge on any atom is -0.386 e. The Morgan fingerprint density at radius 1 is 1.24 bits per heavy atom. The second kappa shape index (κ2) is 5.51. The number of fused-ring (bicyclic) bond motifs is 1. The molecule has 5 nitrogen and oxygen atoms in total. The number of aliphatic hydroxyl groups is 1. The van der Waals surface area contributed by atoms with E-state index < -0.39 is 18.0 Å². The third-order valence-electron chi connectivity index (χ3n) is 3.87. The summed E-state index contributed by atoms with van der Waals surface area (Å²) in [6, 6.07) is 9.58. The van der Waals surface area contributed by atoms with Crippen molar-refractivity contribution in [2.24, 2.45) is 0 Å². The molecule has 0 bridgehead atoms. The van der Waals surface area contributed by atoms with E-state index in [0.29, 0.717) is 12.2 Å². The summed E-state index contributed by atoms with van der Waals surface area (Å²) in [4.78, 5) is 5.54. The lowest BCUT2D eigenvalue weighted by atomic mass is 10.1. The third-order valence-corrected chi connectivity index (χ3v) is 3.87. The lowest BCUT2D eigenvalue weighted by Crippen LogP contribution is -2.40. The molecule has 5 heteroatoms. The van der Waals surface area contributed by atoms with Crippen LogP contribution in [0.3, 0.4) is 0 Å². The molecule has 2 aliphatic rings. The van der Waals surface area contributed by atoms with E-state index in [2.05, 4.69) is 12.1 Å². The molecule has 0 amide bonds. The Morgan fingerprint density at radius 3 is 2.62 bits per heavy atom. The average Bonchev–Trinajstić information content (AvgIpc) is 2.87. The highest BCUT2D eigenvalue weighted by Crippen LogP contribution is 2.40. The molecule has 1 aromatic rings. The first-order valence-electron chi connectivity index (χ1n) is 7.11. The van der Waals surface area contributed by atoms with Crippen molar-refractivity contribution in [1.82, 2.24) is 5.48 Å². The predicted octanol–water partition coefficient (Wildman–Crippen LogP) is 1.53. The van der Waals surface area contributed by atoms with Gasteiger partial charge in [0.1, 0.15) is 18.3 Å². The second-order valence-electron chi connectivity index (χ2n) is 5.95. The molecule has 1 aliphatic carbocycles. The Kier molecular flexibility index (Phi) is 3.86. The van der Waals surface area contributed by atoms with Crippen LogP contribution in [0.2, 0.25) is 0 Å². The first-order chi connectivity index (χ1) is 9.98. The molecule has 2 fully saturated rings. The molecule has 1 aromatic carbocycles. The van der Waals surface area contributed by atoms with E-state index in [1.165, 1.54) is 0 Å². The molecular formula is C16H21NO4. The Labute approximate surface area is 124 Å². The van der Waals surface area contributed by atoms with Crippen molar-refractivity contribution in [2.75, 3.05) is 0 Å². The van der Waals surface area contributed by atoms with E-state index in [9.17, 15) is 5.11 Å². The SMILES string of the molecule is C=C1[C@@H](O)[C@H]2OC(C)(C)O[C@H]2[C@@H]1NOCc1ccccc1. The highest BCUT2D eigenvalue weighted by molar-refractivity contribution is 5.26. The van der Waals surface area contributed by atoms with Crippen molar-refractivity contribution in [3.8, 4) is 0 Å². The summed E-state index contributed by atoms with van der Waals surface area (Å²) in [6.07, 6.45) is -1.43. The Balaban J connectivity index is 1.61. The van der Waals surface area contributed by atoms with Crippen LogP contribution in [-0.4, -0.2) is 35.2 Å². The molecule has 21 heavy (non-hydrogen) atoms. The van der Waals surface area contributed by atoms with Gasteiger partial charge in [-0.2, -0.15) is 5.48 Å². The van der Waals surface area contributed by atoms with Crippen LogP contribution in [0.1, 0.15) is 19.4 Å². The van der Waals surface area contributed by atoms with Crippen molar-refractivity contribution in [3.05, 3.63) is 48.0 Å². The molecule has 1 saturated carbocycles. The summed E-state index contributed by atoms with van der Waals surface area (Å²) < 4.78 is 11.6. The zero-order valence-corrected chi connectivity index (χ0v) is 12.3. The van der Waals surface area contributed by atoms with Crippen LogP contribution in [0.25, 0.3) is 0 Å². The minimum absolute atomic E-state index is 0.282. The fourth-order valence-corrected chi connectivity index (χ4v) is 2.86. The van der Waals surface area contributed by atoms with Gasteiger partial charge in [-0.1, -0.05) is 36.9 Å². The van der Waals surface area contributed by atoms with Gasteiger partial charge in [-0.3, -0.25) is 4.84 Å². The first kappa shape index (κ1) is 14.7. The highest BCUT2D eigenvalue weighted by Gasteiger charge is 2.55. The Morgan fingerprint density at radius 2 is 1.90 bits per heavy atom. The van der Waals surface area contributed by atoms with Crippen LogP contribution in [-0.2, 0) is 20.9 Å². The fraction of sp³-hybridized carbons (Fsp3) is 0.500. The molecule has 1 aliphatic heterocycles. The van der Waals surface area contributed by atoms with Crippen LogP contribution in [0, 0.1) is 0 Å². The van der Waals surface area contributed by atoms with Crippen molar-refractivity contribution in [3.63, 3.8) is 0 Å². The topological polar surface area (TPSA) is 60.0 Å². The van der Waals surface area contributed by atoms with Crippen LogP contribution < -0.4 is 5.48 Å². The summed E-state index contributed by atoms with van der Waals surface area (Å²) in [5.74, 6) is -0.698. The number of hydroxylamine groups is 1. The highest BCUT2D eigenvalue weighted by atomic mass is 16.8. The van der Waals surface area contributed by atoms with Crippen molar-refractivity contribution < 1.29 is 19.4 Å². The van der Waals surface area contributed by atoms with Gasteiger partial charge in [-0.15, -0.1) is 0 Å². The predicted molar refractivity (Wildman–Crippen MR) is 77.1 cm³/mol. The molecule has 4 atom stereocenters. The van der Waals surface area contributed by atoms with Crippen LogP contribution >= 0.6 is 0 Å². The molecular weight excluding hydrogens is 270 g/mol. The maximum atomic E-state index is 10.2. The average molecular weight is 291 g/mol. The summed E-state index contributed by atoms with van der Waals surface area (Å²) in [5.41, 5.74) is 4.65. The Bertz CT molecular complexity index is 516. The molecule has 0 aromatic heterocycles. The van der Waals surface area contributed by atoms with Crippen LogP contribution in [0.4, 0.5) is 0 Å². The van der Waals surface area contributed by atoms with E-state index in [-0.39, 0.29) is 12.1 Å². The number of aliphatic hydroxyl groups excluding tert-OH is 1. The molecule has 0 unspecified atom stereocenters. The first-order valence-corrected chi connectivity index (χ1v) is 7.11. The molecule has 0 spiro atoms. The van der Waals surface area contributed by atoms with Crippen molar-refractivity contribution in [2.45, 2.75) is 50.6 Å². The van der Waals surface area contributed by atoms with Gasteiger partial charge in [-0.25, -0.2) is 0 Å². The van der Waals surface area contributed by atoms with Crippen LogP contribution in [0.5, 0.6) is 0 Å². The zero-order chi connectivity index (χ0) is 15.0. The monoisotopic (exact) mass is 291 g/mol. The summed E-state index contributed by atoms with van der Waals surface area (Å²) >= 11 is 0. The molecule has 1 saturated heterocycles. The van der Waals surface area contributed by atoms with Crippen molar-refractivity contribution in [1.29, 1.82) is 0 Å². The normalized spacial score (nSPS) is 34.1. The largest absolute Gasteiger partial charge is 0.386 e. The number of benzene rings is 1. The summed E-state index contributed by atoms with van der Waals surface area (Å²) in [7, 11) is 0. The van der Waals surface area contributed by atoms with E-state index in [0.717, 1.165) is 5.56 Å². The van der Waals surface area contributed by atoms with Crippen molar-refractivity contribution >= 4 is 0 Å². The van der Waals surface area contributed by atoms with Gasteiger partial charge in [-0.05, 0) is 25.0 Å². The third kappa shape index (κ3) is 2.88. The van der Waals surface area contributed by atoms with Gasteiger partial charge in [0.15, 0.2) is 5.79 Å². The maximum absolute atomic E-state index is 10.2. The van der Waals surface area contributed by atoms with Gasteiger partial charge >= 0.3 is 0 Å². The second-order valence-corrected chi connectivity index (χ2v) is 5.95. The van der Waals surface area contributed by atoms with Gasteiger partial charge in [0.05, 0.1) is 12.6 Å². The molecule has 114 valence electrons. The van der Waals surface area contributed by atoms with Gasteiger partial charge in [0.2, 0.25) is 0 Å². The number of hydrogen-bond acceptors (Lipinski definition) is 5. The number of hydrogen-bond donors (Lipinski definition) is 2. The summed E-state index contributed by atoms with van der Waals surface area (Å²) in [6.45, 7) is 8.02. The van der Waals surface area contributed by atoms with E-state index in [4.69, 9.17) is 14.3 Å². The molecule has 2 N–H and O–H groups in total. The quantitative estimate of drug-likeness (QED) is 0.651. The fourth-order valence-electron chi connectivity index (χ4n) is 2.86. The summed E-state index contributed by atoms with van der Waals surface area (Å²) in [5, 5.41) is 10.2. The number of rotatable bonds is 4. The van der Waals surface area contributed by atoms with E-state index >= 15 is 0 Å². The van der Waals surface area contributed by atoms with E-state index in [1.807, 2.05) is 44.2 Å².